The van der Waals surface area contributed by atoms with Crippen molar-refractivity contribution in [1.82, 2.24) is 14.6 Å². The van der Waals surface area contributed by atoms with E-state index in [0.29, 0.717) is 4.96 Å². The Labute approximate surface area is 148 Å². The SMILES string of the molecule is COC(=O)CCC(=O)Nc1nc2scc(-c3ccc(C)cc3C)n2n1. The molecule has 1 amide bonds. The number of ether oxygens (including phenoxy) is 1. The number of benzene rings is 1. The van der Waals surface area contributed by atoms with Crippen LogP contribution in [0.5, 0.6) is 0 Å². The van der Waals surface area contributed by atoms with Crippen molar-refractivity contribution in [2.45, 2.75) is 26.7 Å². The lowest BCUT2D eigenvalue weighted by atomic mass is 10.0. The Balaban J connectivity index is 1.81. The van der Waals surface area contributed by atoms with Crippen LogP contribution in [0.2, 0.25) is 0 Å². The highest BCUT2D eigenvalue weighted by Crippen LogP contribution is 2.28. The fraction of sp³-hybridized carbons (Fsp3) is 0.294. The fourth-order valence-electron chi connectivity index (χ4n) is 2.53. The topological polar surface area (TPSA) is 85.6 Å². The van der Waals surface area contributed by atoms with Gasteiger partial charge < -0.3 is 4.74 Å². The Hall–Kier alpha value is -2.74. The normalized spacial score (nSPS) is 10.8. The van der Waals surface area contributed by atoms with E-state index in [1.54, 1.807) is 4.52 Å². The summed E-state index contributed by atoms with van der Waals surface area (Å²) in [6.07, 6.45) is 0.0574. The van der Waals surface area contributed by atoms with Crippen LogP contribution in [-0.4, -0.2) is 33.6 Å². The number of nitrogens with zero attached hydrogens (tertiary/aromatic N) is 3. The number of nitrogens with one attached hydrogen (secondary N) is 1. The molecule has 0 radical (unpaired) electrons. The number of carbonyl (C=O) groups excluding carboxylic acids is 2. The molecule has 0 aliphatic carbocycles. The van der Waals surface area contributed by atoms with E-state index in [2.05, 4.69) is 52.2 Å². The molecule has 0 unspecified atom stereocenters. The minimum absolute atomic E-state index is 0.0262. The maximum atomic E-state index is 11.9. The number of anilines is 1. The summed E-state index contributed by atoms with van der Waals surface area (Å²) < 4.78 is 6.24. The van der Waals surface area contributed by atoms with Gasteiger partial charge in [-0.15, -0.1) is 16.4 Å². The van der Waals surface area contributed by atoms with Gasteiger partial charge >= 0.3 is 5.97 Å². The van der Waals surface area contributed by atoms with Crippen LogP contribution in [0, 0.1) is 13.8 Å². The Morgan fingerprint density at radius 1 is 1.28 bits per heavy atom. The van der Waals surface area contributed by atoms with Crippen LogP contribution in [0.3, 0.4) is 0 Å². The zero-order chi connectivity index (χ0) is 18.0. The maximum absolute atomic E-state index is 11.9. The molecular weight excluding hydrogens is 340 g/mol. The molecular formula is C17H18N4O3S. The van der Waals surface area contributed by atoms with Crippen LogP contribution < -0.4 is 5.32 Å². The van der Waals surface area contributed by atoms with Gasteiger partial charge in [0.15, 0.2) is 0 Å². The number of methoxy groups -OCH3 is 1. The van der Waals surface area contributed by atoms with E-state index in [-0.39, 0.29) is 24.7 Å². The monoisotopic (exact) mass is 358 g/mol. The van der Waals surface area contributed by atoms with Gasteiger partial charge in [0.2, 0.25) is 16.8 Å². The molecule has 25 heavy (non-hydrogen) atoms. The third-order valence-electron chi connectivity index (χ3n) is 3.77. The highest BCUT2D eigenvalue weighted by molar-refractivity contribution is 7.15. The first-order valence-electron chi connectivity index (χ1n) is 7.76. The predicted octanol–water partition coefficient (Wildman–Crippen LogP) is 2.97. The van der Waals surface area contributed by atoms with E-state index in [0.717, 1.165) is 16.8 Å². The van der Waals surface area contributed by atoms with Crippen molar-refractivity contribution in [1.29, 1.82) is 0 Å². The third kappa shape index (κ3) is 3.69. The van der Waals surface area contributed by atoms with E-state index < -0.39 is 5.97 Å². The molecule has 0 atom stereocenters. The first-order valence-corrected chi connectivity index (χ1v) is 8.64. The van der Waals surface area contributed by atoms with Gasteiger partial charge in [-0.1, -0.05) is 23.8 Å². The molecule has 0 spiro atoms. The molecule has 0 fully saturated rings. The van der Waals surface area contributed by atoms with Crippen molar-refractivity contribution in [3.8, 4) is 11.3 Å². The zero-order valence-corrected chi connectivity index (χ0v) is 15.0. The standard InChI is InChI=1S/C17H18N4O3S/c1-10-4-5-12(11(2)8-10)13-9-25-17-19-16(20-21(13)17)18-14(22)6-7-15(23)24-3/h4-5,8-9H,6-7H2,1-3H3,(H,18,20,22). The number of rotatable bonds is 5. The number of aromatic nitrogens is 3. The van der Waals surface area contributed by atoms with E-state index in [9.17, 15) is 9.59 Å². The molecule has 2 heterocycles. The summed E-state index contributed by atoms with van der Waals surface area (Å²) in [7, 11) is 1.29. The van der Waals surface area contributed by atoms with Crippen molar-refractivity contribution in [2.24, 2.45) is 0 Å². The molecule has 130 valence electrons. The zero-order valence-electron chi connectivity index (χ0n) is 14.2. The molecule has 0 bridgehead atoms. The first-order chi connectivity index (χ1) is 12.0. The van der Waals surface area contributed by atoms with Crippen molar-refractivity contribution in [2.75, 3.05) is 12.4 Å². The fourth-order valence-corrected chi connectivity index (χ4v) is 3.35. The maximum Gasteiger partial charge on any atom is 0.306 e. The lowest BCUT2D eigenvalue weighted by Crippen LogP contribution is -2.15. The van der Waals surface area contributed by atoms with Gasteiger partial charge in [0.05, 0.1) is 19.2 Å². The summed E-state index contributed by atoms with van der Waals surface area (Å²) in [5, 5.41) is 8.98. The highest BCUT2D eigenvalue weighted by atomic mass is 32.1. The number of thiazole rings is 1. The minimum atomic E-state index is -0.425. The molecule has 0 saturated carbocycles. The molecule has 7 nitrogen and oxygen atoms in total. The van der Waals surface area contributed by atoms with Crippen LogP contribution >= 0.6 is 11.3 Å². The number of fused-ring (bicyclic) bond motifs is 1. The highest BCUT2D eigenvalue weighted by Gasteiger charge is 2.15. The van der Waals surface area contributed by atoms with Crippen molar-refractivity contribution in [3.05, 3.63) is 34.7 Å². The molecule has 1 aromatic carbocycles. The van der Waals surface area contributed by atoms with Gasteiger partial charge in [-0.3, -0.25) is 14.9 Å². The second-order valence-corrected chi connectivity index (χ2v) is 6.53. The number of aryl methyl sites for hydroxylation is 2. The number of hydrogen-bond donors (Lipinski definition) is 1. The number of esters is 1. The summed E-state index contributed by atoms with van der Waals surface area (Å²) in [5.41, 5.74) is 4.36. The third-order valence-corrected chi connectivity index (χ3v) is 4.59. The van der Waals surface area contributed by atoms with Gasteiger partial charge in [0.1, 0.15) is 0 Å². The summed E-state index contributed by atoms with van der Waals surface area (Å²) in [4.78, 5) is 28.0. The molecule has 8 heteroatoms. The predicted molar refractivity (Wildman–Crippen MR) is 95.7 cm³/mol. The van der Waals surface area contributed by atoms with Crippen LogP contribution in [0.4, 0.5) is 5.95 Å². The molecule has 3 rings (SSSR count). The summed E-state index contributed by atoms with van der Waals surface area (Å²) in [6, 6.07) is 6.23. The molecule has 3 aromatic rings. The Kier molecular flexibility index (Phi) is 4.80. The van der Waals surface area contributed by atoms with Crippen LogP contribution in [0.1, 0.15) is 24.0 Å². The summed E-state index contributed by atoms with van der Waals surface area (Å²) >= 11 is 1.46. The number of carbonyl (C=O) groups is 2. The lowest BCUT2D eigenvalue weighted by Gasteiger charge is -2.05. The average molecular weight is 358 g/mol. The van der Waals surface area contributed by atoms with E-state index in [1.165, 1.54) is 24.0 Å². The van der Waals surface area contributed by atoms with Gasteiger partial charge in [-0.25, -0.2) is 4.52 Å². The quantitative estimate of drug-likeness (QED) is 0.709. The van der Waals surface area contributed by atoms with Crippen molar-refractivity contribution < 1.29 is 14.3 Å². The van der Waals surface area contributed by atoms with Crippen molar-refractivity contribution in [3.63, 3.8) is 0 Å². The smallest absolute Gasteiger partial charge is 0.306 e. The van der Waals surface area contributed by atoms with E-state index in [4.69, 9.17) is 0 Å². The second-order valence-electron chi connectivity index (χ2n) is 5.69. The van der Waals surface area contributed by atoms with Crippen LogP contribution in [-0.2, 0) is 14.3 Å². The van der Waals surface area contributed by atoms with E-state index in [1.807, 2.05) is 5.38 Å². The summed E-state index contributed by atoms with van der Waals surface area (Å²) in [5.74, 6) is -0.518. The van der Waals surface area contributed by atoms with Gasteiger partial charge in [0, 0.05) is 17.4 Å². The minimum Gasteiger partial charge on any atom is -0.469 e. The van der Waals surface area contributed by atoms with Gasteiger partial charge in [0.25, 0.3) is 0 Å². The molecule has 0 aliphatic rings. The largest absolute Gasteiger partial charge is 0.469 e. The first kappa shape index (κ1) is 17.1. The van der Waals surface area contributed by atoms with Gasteiger partial charge in [-0.2, -0.15) is 4.98 Å². The summed E-state index contributed by atoms with van der Waals surface area (Å²) in [6.45, 7) is 4.11. The van der Waals surface area contributed by atoms with Gasteiger partial charge in [-0.05, 0) is 19.4 Å². The van der Waals surface area contributed by atoms with Crippen LogP contribution in [0.15, 0.2) is 23.6 Å². The average Bonchev–Trinajstić information content (AvgIpc) is 3.13. The molecule has 0 aliphatic heterocycles. The number of hydrogen-bond acceptors (Lipinski definition) is 6. The number of amides is 1. The Morgan fingerprint density at radius 3 is 2.80 bits per heavy atom. The lowest BCUT2D eigenvalue weighted by molar-refractivity contribution is -0.141. The Bertz CT molecular complexity index is 945. The van der Waals surface area contributed by atoms with Crippen LogP contribution in [0.25, 0.3) is 16.2 Å². The second kappa shape index (κ2) is 7.02. The molecule has 2 aromatic heterocycles. The molecule has 0 saturated heterocycles. The van der Waals surface area contributed by atoms with Crippen molar-refractivity contribution >= 4 is 34.1 Å². The van der Waals surface area contributed by atoms with E-state index >= 15 is 0 Å². The Morgan fingerprint density at radius 2 is 2.08 bits per heavy atom. The molecule has 1 N–H and O–H groups in total.